The lowest BCUT2D eigenvalue weighted by atomic mass is 10.2. The topological polar surface area (TPSA) is 67.4 Å². The lowest BCUT2D eigenvalue weighted by Crippen LogP contribution is -2.26. The van der Waals surface area contributed by atoms with Crippen LogP contribution in [0, 0.1) is 0 Å². The molecule has 0 spiro atoms. The number of carbonyl (C=O) groups is 2. The van der Waals surface area contributed by atoms with Crippen LogP contribution in [0.4, 0.5) is 0 Å². The van der Waals surface area contributed by atoms with Gasteiger partial charge in [0.25, 0.3) is 0 Å². The van der Waals surface area contributed by atoms with Gasteiger partial charge in [0.05, 0.1) is 6.61 Å². The molecule has 2 N–H and O–H groups in total. The highest BCUT2D eigenvalue weighted by Crippen LogP contribution is 1.98. The van der Waals surface area contributed by atoms with Gasteiger partial charge in [0.2, 0.25) is 11.8 Å². The number of amides is 2. The molecular weight excluding hydrogens is 220 g/mol. The Hall–Kier alpha value is -1.36. The first-order valence-electron chi connectivity index (χ1n) is 5.86. The number of unbranched alkanes of at least 4 members (excludes halogenated alkanes) is 2. The monoisotopic (exact) mass is 242 g/mol. The van der Waals surface area contributed by atoms with Gasteiger partial charge in [0, 0.05) is 26.6 Å². The zero-order valence-electron chi connectivity index (χ0n) is 10.5. The van der Waals surface area contributed by atoms with Crippen LogP contribution in [0.1, 0.15) is 25.7 Å². The molecule has 0 aliphatic rings. The summed E-state index contributed by atoms with van der Waals surface area (Å²) in [5, 5.41) is 5.44. The molecule has 0 saturated heterocycles. The van der Waals surface area contributed by atoms with Crippen molar-refractivity contribution in [3.05, 3.63) is 12.7 Å². The summed E-state index contributed by atoms with van der Waals surface area (Å²) >= 11 is 0. The molecule has 0 rings (SSSR count). The number of hydrogen-bond acceptors (Lipinski definition) is 3. The highest BCUT2D eigenvalue weighted by Gasteiger charge is 2.00. The van der Waals surface area contributed by atoms with E-state index in [-0.39, 0.29) is 11.8 Å². The summed E-state index contributed by atoms with van der Waals surface area (Å²) < 4.78 is 4.82. The molecule has 0 unspecified atom stereocenters. The van der Waals surface area contributed by atoms with Gasteiger partial charge in [-0.15, -0.1) is 0 Å². The first-order valence-corrected chi connectivity index (χ1v) is 5.86. The molecule has 5 nitrogen and oxygen atoms in total. The minimum atomic E-state index is -0.151. The van der Waals surface area contributed by atoms with Crippen molar-refractivity contribution in [2.45, 2.75) is 25.7 Å². The third-order valence-electron chi connectivity index (χ3n) is 2.19. The van der Waals surface area contributed by atoms with Crippen LogP contribution in [-0.2, 0) is 14.3 Å². The van der Waals surface area contributed by atoms with Gasteiger partial charge < -0.3 is 15.4 Å². The normalized spacial score (nSPS) is 9.71. The van der Waals surface area contributed by atoms with E-state index < -0.39 is 0 Å². The van der Waals surface area contributed by atoms with Crippen LogP contribution in [0.15, 0.2) is 12.7 Å². The van der Waals surface area contributed by atoms with Crippen LogP contribution in [-0.4, -0.2) is 38.6 Å². The van der Waals surface area contributed by atoms with E-state index in [0.29, 0.717) is 26.1 Å². The summed E-state index contributed by atoms with van der Waals surface area (Å²) in [4.78, 5) is 22.0. The zero-order valence-corrected chi connectivity index (χ0v) is 10.5. The van der Waals surface area contributed by atoms with Crippen molar-refractivity contribution >= 4 is 11.8 Å². The number of ether oxygens (including phenoxy) is 1. The van der Waals surface area contributed by atoms with Gasteiger partial charge in [-0.25, -0.2) is 0 Å². The standard InChI is InChI=1S/C12H22N2O3/c1-3-11(15)13-8-6-4-5-7-12(16)14-9-10-17-2/h3H,1,4-10H2,2H3,(H,13,15)(H,14,16). The minimum Gasteiger partial charge on any atom is -0.383 e. The van der Waals surface area contributed by atoms with Crippen LogP contribution in [0.3, 0.4) is 0 Å². The quantitative estimate of drug-likeness (QED) is 0.436. The lowest BCUT2D eigenvalue weighted by Gasteiger charge is -2.04. The summed E-state index contributed by atoms with van der Waals surface area (Å²) in [7, 11) is 1.60. The van der Waals surface area contributed by atoms with Crippen LogP contribution in [0.5, 0.6) is 0 Å². The maximum Gasteiger partial charge on any atom is 0.243 e. The fraction of sp³-hybridized carbons (Fsp3) is 0.667. The van der Waals surface area contributed by atoms with E-state index in [1.807, 2.05) is 0 Å². The first kappa shape index (κ1) is 15.6. The second kappa shape index (κ2) is 11.1. The molecule has 0 aromatic heterocycles. The Morgan fingerprint density at radius 3 is 2.59 bits per heavy atom. The Morgan fingerprint density at radius 1 is 1.18 bits per heavy atom. The highest BCUT2D eigenvalue weighted by molar-refractivity contribution is 5.86. The number of carbonyl (C=O) groups excluding carboxylic acids is 2. The molecule has 0 radical (unpaired) electrons. The van der Waals surface area contributed by atoms with Crippen LogP contribution < -0.4 is 10.6 Å². The predicted octanol–water partition coefficient (Wildman–Crippen LogP) is 0.612. The van der Waals surface area contributed by atoms with Crippen molar-refractivity contribution in [3.8, 4) is 0 Å². The zero-order chi connectivity index (χ0) is 12.9. The van der Waals surface area contributed by atoms with Crippen molar-refractivity contribution in [1.29, 1.82) is 0 Å². The van der Waals surface area contributed by atoms with E-state index in [1.54, 1.807) is 7.11 Å². The van der Waals surface area contributed by atoms with Gasteiger partial charge >= 0.3 is 0 Å². The first-order chi connectivity index (χ1) is 8.20. The largest absolute Gasteiger partial charge is 0.383 e. The summed E-state index contributed by atoms with van der Waals surface area (Å²) in [5.41, 5.74) is 0. The molecule has 2 amide bonds. The number of methoxy groups -OCH3 is 1. The van der Waals surface area contributed by atoms with E-state index in [9.17, 15) is 9.59 Å². The molecule has 0 atom stereocenters. The van der Waals surface area contributed by atoms with Crippen molar-refractivity contribution in [3.63, 3.8) is 0 Å². The maximum absolute atomic E-state index is 11.3. The molecule has 5 heteroatoms. The van der Waals surface area contributed by atoms with Crippen LogP contribution >= 0.6 is 0 Å². The Labute approximate surface area is 103 Å². The fourth-order valence-electron chi connectivity index (χ4n) is 1.25. The molecular formula is C12H22N2O3. The third-order valence-corrected chi connectivity index (χ3v) is 2.19. The van der Waals surface area contributed by atoms with Gasteiger partial charge in [-0.1, -0.05) is 13.0 Å². The molecule has 0 aliphatic heterocycles. The Bertz CT molecular complexity index is 242. The van der Waals surface area contributed by atoms with Crippen molar-refractivity contribution in [1.82, 2.24) is 10.6 Å². The third kappa shape index (κ3) is 10.9. The maximum atomic E-state index is 11.3. The molecule has 0 aromatic carbocycles. The summed E-state index contributed by atoms with van der Waals surface area (Å²) in [6.07, 6.45) is 4.42. The van der Waals surface area contributed by atoms with Crippen molar-refractivity contribution < 1.29 is 14.3 Å². The summed E-state index contributed by atoms with van der Waals surface area (Å²) in [5.74, 6) is -0.0977. The lowest BCUT2D eigenvalue weighted by molar-refractivity contribution is -0.121. The Kier molecular flexibility index (Phi) is 10.2. The van der Waals surface area contributed by atoms with Crippen molar-refractivity contribution in [2.24, 2.45) is 0 Å². The fourth-order valence-corrected chi connectivity index (χ4v) is 1.25. The number of rotatable bonds is 10. The van der Waals surface area contributed by atoms with Crippen LogP contribution in [0.25, 0.3) is 0 Å². The molecule has 0 heterocycles. The Balaban J connectivity index is 3.24. The van der Waals surface area contributed by atoms with E-state index in [2.05, 4.69) is 17.2 Å². The average molecular weight is 242 g/mol. The second-order valence-electron chi connectivity index (χ2n) is 3.65. The molecule has 0 aliphatic carbocycles. The molecule has 0 saturated carbocycles. The van der Waals surface area contributed by atoms with E-state index in [4.69, 9.17) is 4.74 Å². The number of hydrogen-bond donors (Lipinski definition) is 2. The van der Waals surface area contributed by atoms with Gasteiger partial charge in [0.15, 0.2) is 0 Å². The van der Waals surface area contributed by atoms with Crippen molar-refractivity contribution in [2.75, 3.05) is 26.8 Å². The summed E-state index contributed by atoms with van der Waals surface area (Å²) in [6, 6.07) is 0. The smallest absolute Gasteiger partial charge is 0.243 e. The Morgan fingerprint density at radius 2 is 1.94 bits per heavy atom. The van der Waals surface area contributed by atoms with E-state index in [0.717, 1.165) is 19.3 Å². The minimum absolute atomic E-state index is 0.0529. The number of nitrogens with one attached hydrogen (secondary N) is 2. The van der Waals surface area contributed by atoms with Gasteiger partial charge in [-0.2, -0.15) is 0 Å². The molecule has 17 heavy (non-hydrogen) atoms. The summed E-state index contributed by atoms with van der Waals surface area (Å²) in [6.45, 7) is 5.10. The SMILES string of the molecule is C=CC(=O)NCCCCCC(=O)NCCOC. The predicted molar refractivity (Wildman–Crippen MR) is 66.6 cm³/mol. The van der Waals surface area contributed by atoms with Gasteiger partial charge in [-0.05, 0) is 18.9 Å². The van der Waals surface area contributed by atoms with E-state index >= 15 is 0 Å². The average Bonchev–Trinajstić information content (AvgIpc) is 2.33. The van der Waals surface area contributed by atoms with Crippen LogP contribution in [0.2, 0.25) is 0 Å². The van der Waals surface area contributed by atoms with Gasteiger partial charge in [0.1, 0.15) is 0 Å². The second-order valence-corrected chi connectivity index (χ2v) is 3.65. The van der Waals surface area contributed by atoms with Gasteiger partial charge in [-0.3, -0.25) is 9.59 Å². The molecule has 98 valence electrons. The molecule has 0 aromatic rings. The highest BCUT2D eigenvalue weighted by atomic mass is 16.5. The molecule has 0 bridgehead atoms. The van der Waals surface area contributed by atoms with E-state index in [1.165, 1.54) is 6.08 Å². The molecule has 0 fully saturated rings.